The molecule has 0 atom stereocenters. The smallest absolute Gasteiger partial charge is 0.282 e. The van der Waals surface area contributed by atoms with Gasteiger partial charge < -0.3 is 4.74 Å². The van der Waals surface area contributed by atoms with E-state index < -0.39 is 11.8 Å². The van der Waals surface area contributed by atoms with Gasteiger partial charge >= 0.3 is 0 Å². The molecular formula is C19H17BrN2O3. The Morgan fingerprint density at radius 2 is 1.88 bits per heavy atom. The predicted octanol–water partition coefficient (Wildman–Crippen LogP) is 3.70. The number of hydrazine groups is 1. The van der Waals surface area contributed by atoms with E-state index in [1.54, 1.807) is 24.3 Å². The maximum absolute atomic E-state index is 12.7. The molecule has 1 saturated heterocycles. The molecule has 1 fully saturated rings. The van der Waals surface area contributed by atoms with Gasteiger partial charge in [0, 0.05) is 10.0 Å². The number of hydrogen-bond donors (Lipinski definition) is 1. The second-order valence-electron chi connectivity index (χ2n) is 5.82. The number of para-hydroxylation sites is 1. The fourth-order valence-electron chi connectivity index (χ4n) is 2.47. The van der Waals surface area contributed by atoms with Crippen LogP contribution in [0, 0.1) is 0 Å². The van der Waals surface area contributed by atoms with Crippen LogP contribution in [-0.2, 0) is 9.59 Å². The van der Waals surface area contributed by atoms with Gasteiger partial charge in [0.05, 0.1) is 11.8 Å². The monoisotopic (exact) mass is 400 g/mol. The first-order valence-corrected chi connectivity index (χ1v) is 8.63. The van der Waals surface area contributed by atoms with E-state index in [1.807, 2.05) is 44.2 Å². The van der Waals surface area contributed by atoms with Crippen LogP contribution < -0.4 is 15.2 Å². The summed E-state index contributed by atoms with van der Waals surface area (Å²) in [5.74, 6) is -0.210. The summed E-state index contributed by atoms with van der Waals surface area (Å²) >= 11 is 3.36. The molecule has 2 amide bonds. The van der Waals surface area contributed by atoms with Gasteiger partial charge in [-0.2, -0.15) is 0 Å². The zero-order valence-corrected chi connectivity index (χ0v) is 15.4. The van der Waals surface area contributed by atoms with E-state index in [-0.39, 0.29) is 11.7 Å². The Morgan fingerprint density at radius 3 is 2.60 bits per heavy atom. The lowest BCUT2D eigenvalue weighted by molar-refractivity contribution is -0.117. The van der Waals surface area contributed by atoms with Crippen LogP contribution in [0.4, 0.5) is 5.69 Å². The molecule has 0 spiro atoms. The molecule has 0 saturated carbocycles. The number of nitrogens with zero attached hydrogens (tertiary/aromatic N) is 1. The number of amides is 2. The molecule has 2 aromatic carbocycles. The molecule has 6 heteroatoms. The SMILES string of the molecule is CC(C)Oc1ccccc1/C=C1/C(=O)NN(c2cccc(Br)c2)C1=O. The van der Waals surface area contributed by atoms with Crippen LogP contribution in [0.25, 0.3) is 6.08 Å². The minimum atomic E-state index is -0.440. The fraction of sp³-hybridized carbons (Fsp3) is 0.158. The maximum atomic E-state index is 12.7. The van der Waals surface area contributed by atoms with Crippen LogP contribution in [0.3, 0.4) is 0 Å². The van der Waals surface area contributed by atoms with Crippen LogP contribution in [0.2, 0.25) is 0 Å². The molecule has 1 heterocycles. The number of benzene rings is 2. The highest BCUT2D eigenvalue weighted by Crippen LogP contribution is 2.27. The Bertz CT molecular complexity index is 861. The van der Waals surface area contributed by atoms with Crippen molar-refractivity contribution in [2.75, 3.05) is 5.01 Å². The Kier molecular flexibility index (Phi) is 4.90. The number of halogens is 1. The van der Waals surface area contributed by atoms with E-state index in [2.05, 4.69) is 21.4 Å². The molecule has 2 aromatic rings. The van der Waals surface area contributed by atoms with E-state index >= 15 is 0 Å². The summed E-state index contributed by atoms with van der Waals surface area (Å²) in [6.07, 6.45) is 1.55. The molecule has 3 rings (SSSR count). The molecular weight excluding hydrogens is 384 g/mol. The number of hydrogen-bond acceptors (Lipinski definition) is 3. The van der Waals surface area contributed by atoms with Gasteiger partial charge in [-0.3, -0.25) is 15.0 Å². The van der Waals surface area contributed by atoms with Crippen molar-refractivity contribution in [1.82, 2.24) is 5.43 Å². The molecule has 0 unspecified atom stereocenters. The summed E-state index contributed by atoms with van der Waals surface area (Å²) in [5.41, 5.74) is 3.93. The van der Waals surface area contributed by atoms with Crippen LogP contribution >= 0.6 is 15.9 Å². The molecule has 128 valence electrons. The number of carbonyl (C=O) groups excluding carboxylic acids is 2. The van der Waals surface area contributed by atoms with Crippen molar-refractivity contribution in [3.8, 4) is 5.75 Å². The molecule has 0 bridgehead atoms. The predicted molar refractivity (Wildman–Crippen MR) is 100.0 cm³/mol. The quantitative estimate of drug-likeness (QED) is 0.628. The van der Waals surface area contributed by atoms with Crippen molar-refractivity contribution < 1.29 is 14.3 Å². The third kappa shape index (κ3) is 3.74. The third-order valence-electron chi connectivity index (χ3n) is 3.54. The summed E-state index contributed by atoms with van der Waals surface area (Å²) in [6, 6.07) is 14.5. The average molecular weight is 401 g/mol. The molecule has 0 radical (unpaired) electrons. The van der Waals surface area contributed by atoms with Gasteiger partial charge in [-0.1, -0.05) is 40.2 Å². The molecule has 1 N–H and O–H groups in total. The molecule has 0 aliphatic carbocycles. The molecule has 5 nitrogen and oxygen atoms in total. The summed E-state index contributed by atoms with van der Waals surface area (Å²) in [6.45, 7) is 3.85. The topological polar surface area (TPSA) is 58.6 Å². The van der Waals surface area contributed by atoms with E-state index in [0.29, 0.717) is 17.0 Å². The van der Waals surface area contributed by atoms with E-state index in [1.165, 1.54) is 5.01 Å². The van der Waals surface area contributed by atoms with E-state index in [0.717, 1.165) is 4.47 Å². The second kappa shape index (κ2) is 7.11. The molecule has 0 aromatic heterocycles. The second-order valence-corrected chi connectivity index (χ2v) is 6.74. The highest BCUT2D eigenvalue weighted by Gasteiger charge is 2.34. The minimum Gasteiger partial charge on any atom is -0.490 e. The molecule has 1 aliphatic heterocycles. The van der Waals surface area contributed by atoms with Gasteiger partial charge in [0.25, 0.3) is 11.8 Å². The number of ether oxygens (including phenoxy) is 1. The Morgan fingerprint density at radius 1 is 1.12 bits per heavy atom. The van der Waals surface area contributed by atoms with E-state index in [4.69, 9.17) is 4.74 Å². The van der Waals surface area contributed by atoms with Gasteiger partial charge in [0.15, 0.2) is 0 Å². The summed E-state index contributed by atoms with van der Waals surface area (Å²) in [4.78, 5) is 25.0. The first-order valence-electron chi connectivity index (χ1n) is 7.84. The lowest BCUT2D eigenvalue weighted by Crippen LogP contribution is -2.35. The Balaban J connectivity index is 1.95. The average Bonchev–Trinajstić information content (AvgIpc) is 2.84. The van der Waals surface area contributed by atoms with Crippen molar-refractivity contribution in [3.05, 3.63) is 64.1 Å². The zero-order valence-electron chi connectivity index (χ0n) is 13.8. The van der Waals surface area contributed by atoms with Crippen LogP contribution in [0.1, 0.15) is 19.4 Å². The van der Waals surface area contributed by atoms with Crippen LogP contribution in [0.15, 0.2) is 58.6 Å². The van der Waals surface area contributed by atoms with Gasteiger partial charge in [-0.15, -0.1) is 0 Å². The summed E-state index contributed by atoms with van der Waals surface area (Å²) in [7, 11) is 0. The molecule has 1 aliphatic rings. The van der Waals surface area contributed by atoms with Gasteiger partial charge in [0.1, 0.15) is 11.3 Å². The summed E-state index contributed by atoms with van der Waals surface area (Å²) in [5, 5.41) is 1.24. The van der Waals surface area contributed by atoms with Crippen molar-refractivity contribution in [3.63, 3.8) is 0 Å². The van der Waals surface area contributed by atoms with Gasteiger partial charge in [-0.05, 0) is 44.2 Å². The van der Waals surface area contributed by atoms with Crippen molar-refractivity contribution in [2.24, 2.45) is 0 Å². The molecule has 25 heavy (non-hydrogen) atoms. The lowest BCUT2D eigenvalue weighted by atomic mass is 10.1. The standard InChI is InChI=1S/C19H17BrN2O3/c1-12(2)25-17-9-4-3-6-13(17)10-16-18(23)21-22(19(16)24)15-8-5-7-14(20)11-15/h3-12H,1-2H3,(H,21,23)/b16-10-. The highest BCUT2D eigenvalue weighted by molar-refractivity contribution is 9.10. The zero-order chi connectivity index (χ0) is 18.0. The number of rotatable bonds is 4. The minimum absolute atomic E-state index is 0.00850. The highest BCUT2D eigenvalue weighted by atomic mass is 79.9. The van der Waals surface area contributed by atoms with E-state index in [9.17, 15) is 9.59 Å². The first-order chi connectivity index (χ1) is 12.0. The number of anilines is 1. The number of carbonyl (C=O) groups is 2. The van der Waals surface area contributed by atoms with Crippen LogP contribution in [0.5, 0.6) is 5.75 Å². The normalized spacial score (nSPS) is 15.8. The van der Waals surface area contributed by atoms with Gasteiger partial charge in [0.2, 0.25) is 0 Å². The van der Waals surface area contributed by atoms with Crippen molar-refractivity contribution in [1.29, 1.82) is 0 Å². The largest absolute Gasteiger partial charge is 0.490 e. The van der Waals surface area contributed by atoms with Crippen LogP contribution in [-0.4, -0.2) is 17.9 Å². The lowest BCUT2D eigenvalue weighted by Gasteiger charge is -2.14. The fourth-order valence-corrected chi connectivity index (χ4v) is 2.86. The maximum Gasteiger partial charge on any atom is 0.282 e. The summed E-state index contributed by atoms with van der Waals surface area (Å²) < 4.78 is 6.57. The van der Waals surface area contributed by atoms with Gasteiger partial charge in [-0.25, -0.2) is 5.01 Å². The number of nitrogens with one attached hydrogen (secondary N) is 1. The third-order valence-corrected chi connectivity index (χ3v) is 4.03. The Labute approximate surface area is 154 Å². The Hall–Kier alpha value is -2.60. The van der Waals surface area contributed by atoms with Crippen molar-refractivity contribution in [2.45, 2.75) is 20.0 Å². The first kappa shape index (κ1) is 17.2. The van der Waals surface area contributed by atoms with Crippen molar-refractivity contribution >= 4 is 39.5 Å².